The molecule has 1 atom stereocenters. The summed E-state index contributed by atoms with van der Waals surface area (Å²) in [4.78, 5) is 14.3. The molecule has 0 saturated heterocycles. The number of rotatable bonds is 6. The molecule has 1 aromatic heterocycles. The van der Waals surface area contributed by atoms with E-state index >= 15 is 0 Å². The normalized spacial score (nSPS) is 16.5. The van der Waals surface area contributed by atoms with Crippen LogP contribution in [0.4, 0.5) is 0 Å². The zero-order chi connectivity index (χ0) is 16.9. The highest BCUT2D eigenvalue weighted by molar-refractivity contribution is 6.30. The number of aromatic amines is 1. The Balaban J connectivity index is 1.41. The Morgan fingerprint density at radius 2 is 2.08 bits per heavy atom. The molecular formula is C17H21ClN4O2. The summed E-state index contributed by atoms with van der Waals surface area (Å²) in [6.07, 6.45) is 3.11. The van der Waals surface area contributed by atoms with E-state index in [9.17, 15) is 4.79 Å². The predicted molar refractivity (Wildman–Crippen MR) is 91.1 cm³/mol. The van der Waals surface area contributed by atoms with E-state index in [0.29, 0.717) is 24.6 Å². The second kappa shape index (κ2) is 7.66. The number of aryl methyl sites for hydroxylation is 1. The molecule has 0 fully saturated rings. The highest BCUT2D eigenvalue weighted by Crippen LogP contribution is 2.23. The van der Waals surface area contributed by atoms with Gasteiger partial charge >= 0.3 is 0 Å². The van der Waals surface area contributed by atoms with Gasteiger partial charge in [-0.05, 0) is 43.5 Å². The summed E-state index contributed by atoms with van der Waals surface area (Å²) in [7, 11) is 1.85. The van der Waals surface area contributed by atoms with Crippen LogP contribution in [-0.4, -0.2) is 46.4 Å². The first kappa shape index (κ1) is 16.8. The molecule has 0 bridgehead atoms. The Labute approximate surface area is 146 Å². The first-order valence-electron chi connectivity index (χ1n) is 8.15. The van der Waals surface area contributed by atoms with Crippen LogP contribution in [0.3, 0.4) is 0 Å². The Morgan fingerprint density at radius 1 is 1.33 bits per heavy atom. The average molecular weight is 349 g/mol. The number of H-pyrrole nitrogens is 1. The van der Waals surface area contributed by atoms with Gasteiger partial charge in [-0.2, -0.15) is 15.4 Å². The number of hydrogen-bond donors (Lipinski definition) is 1. The molecule has 6 nitrogen and oxygen atoms in total. The Hall–Kier alpha value is -2.08. The molecule has 24 heavy (non-hydrogen) atoms. The molecule has 1 heterocycles. The van der Waals surface area contributed by atoms with Gasteiger partial charge in [0.05, 0.1) is 18.0 Å². The van der Waals surface area contributed by atoms with Crippen molar-refractivity contribution in [2.24, 2.45) is 5.92 Å². The summed E-state index contributed by atoms with van der Waals surface area (Å²) in [6, 6.07) is 7.28. The standard InChI is InChI=1S/C17H21ClN4O2/c1-22(9-2-10-24-14-6-4-13(18)5-7-14)17(23)12-3-8-15-16(11-12)20-21-19-15/h4-7,12H,2-3,8-11H2,1H3,(H,19,20,21)/t12-/m1/s1. The Morgan fingerprint density at radius 3 is 2.88 bits per heavy atom. The van der Waals surface area contributed by atoms with E-state index in [-0.39, 0.29) is 11.8 Å². The van der Waals surface area contributed by atoms with Gasteiger partial charge in [0, 0.05) is 31.0 Å². The number of fused-ring (bicyclic) bond motifs is 1. The number of carbonyl (C=O) groups excluding carboxylic acids is 1. The number of ether oxygens (including phenoxy) is 1. The third kappa shape index (κ3) is 4.06. The van der Waals surface area contributed by atoms with Crippen LogP contribution in [0.1, 0.15) is 24.2 Å². The minimum Gasteiger partial charge on any atom is -0.494 e. The largest absolute Gasteiger partial charge is 0.494 e. The third-order valence-electron chi connectivity index (χ3n) is 4.32. The molecule has 128 valence electrons. The summed E-state index contributed by atoms with van der Waals surface area (Å²) in [6.45, 7) is 1.24. The number of benzene rings is 1. The van der Waals surface area contributed by atoms with Crippen molar-refractivity contribution in [1.29, 1.82) is 0 Å². The molecule has 0 radical (unpaired) electrons. The van der Waals surface area contributed by atoms with Gasteiger partial charge in [-0.1, -0.05) is 11.6 Å². The monoisotopic (exact) mass is 348 g/mol. The van der Waals surface area contributed by atoms with Crippen LogP contribution in [0.2, 0.25) is 5.02 Å². The third-order valence-corrected chi connectivity index (χ3v) is 4.57. The van der Waals surface area contributed by atoms with Crippen molar-refractivity contribution in [3.8, 4) is 5.75 Å². The molecular weight excluding hydrogens is 328 g/mol. The number of aromatic nitrogens is 3. The lowest BCUT2D eigenvalue weighted by Crippen LogP contribution is -2.36. The van der Waals surface area contributed by atoms with Gasteiger partial charge in [-0.15, -0.1) is 0 Å². The topological polar surface area (TPSA) is 71.1 Å². The quantitative estimate of drug-likeness (QED) is 0.814. The summed E-state index contributed by atoms with van der Waals surface area (Å²) >= 11 is 5.84. The van der Waals surface area contributed by atoms with Crippen molar-refractivity contribution >= 4 is 17.5 Å². The van der Waals surface area contributed by atoms with Gasteiger partial charge in [0.2, 0.25) is 5.91 Å². The minimum absolute atomic E-state index is 0.00443. The lowest BCUT2D eigenvalue weighted by molar-refractivity contribution is -0.134. The van der Waals surface area contributed by atoms with Gasteiger partial charge in [0.1, 0.15) is 5.75 Å². The van der Waals surface area contributed by atoms with E-state index in [0.717, 1.165) is 36.4 Å². The predicted octanol–water partition coefficient (Wildman–Crippen LogP) is 2.49. The van der Waals surface area contributed by atoms with Crippen molar-refractivity contribution in [3.63, 3.8) is 0 Å². The summed E-state index contributed by atoms with van der Waals surface area (Å²) < 4.78 is 5.65. The molecule has 0 aliphatic heterocycles. The first-order valence-corrected chi connectivity index (χ1v) is 8.53. The maximum atomic E-state index is 12.5. The Bertz CT molecular complexity index is 686. The highest BCUT2D eigenvalue weighted by atomic mass is 35.5. The fourth-order valence-corrected chi connectivity index (χ4v) is 3.07. The van der Waals surface area contributed by atoms with Gasteiger partial charge in [0.15, 0.2) is 0 Å². The van der Waals surface area contributed by atoms with Gasteiger partial charge in [0.25, 0.3) is 0 Å². The van der Waals surface area contributed by atoms with Crippen molar-refractivity contribution in [2.75, 3.05) is 20.2 Å². The zero-order valence-electron chi connectivity index (χ0n) is 13.7. The maximum absolute atomic E-state index is 12.5. The number of nitrogens with one attached hydrogen (secondary N) is 1. The SMILES string of the molecule is CN(CCCOc1ccc(Cl)cc1)C(=O)[C@@H]1CCc2n[nH]nc2C1. The number of amides is 1. The van der Waals surface area contributed by atoms with Gasteiger partial charge in [-0.25, -0.2) is 0 Å². The van der Waals surface area contributed by atoms with Crippen LogP contribution < -0.4 is 4.74 Å². The molecule has 1 aliphatic rings. The number of carbonyl (C=O) groups is 1. The first-order chi connectivity index (χ1) is 11.6. The summed E-state index contributed by atoms with van der Waals surface area (Å²) in [5.41, 5.74) is 1.93. The fraction of sp³-hybridized carbons (Fsp3) is 0.471. The van der Waals surface area contributed by atoms with E-state index in [2.05, 4.69) is 15.4 Å². The van der Waals surface area contributed by atoms with Crippen LogP contribution in [0.25, 0.3) is 0 Å². The molecule has 0 unspecified atom stereocenters. The molecule has 1 N–H and O–H groups in total. The highest BCUT2D eigenvalue weighted by Gasteiger charge is 2.28. The Kier molecular flexibility index (Phi) is 5.35. The van der Waals surface area contributed by atoms with Crippen LogP contribution in [-0.2, 0) is 17.6 Å². The van der Waals surface area contributed by atoms with Gasteiger partial charge in [-0.3, -0.25) is 4.79 Å². The second-order valence-electron chi connectivity index (χ2n) is 6.07. The van der Waals surface area contributed by atoms with Crippen LogP contribution in [0, 0.1) is 5.92 Å². The molecule has 7 heteroatoms. The number of halogens is 1. The van der Waals surface area contributed by atoms with Crippen molar-refractivity contribution in [2.45, 2.75) is 25.7 Å². The van der Waals surface area contributed by atoms with Crippen LogP contribution in [0.5, 0.6) is 5.75 Å². The molecule has 0 saturated carbocycles. The van der Waals surface area contributed by atoms with E-state index in [1.54, 1.807) is 17.0 Å². The van der Waals surface area contributed by atoms with E-state index in [1.807, 2.05) is 19.2 Å². The van der Waals surface area contributed by atoms with Crippen LogP contribution >= 0.6 is 11.6 Å². The lowest BCUT2D eigenvalue weighted by atomic mass is 9.89. The smallest absolute Gasteiger partial charge is 0.225 e. The number of hydrogen-bond acceptors (Lipinski definition) is 4. The fourth-order valence-electron chi connectivity index (χ4n) is 2.94. The number of nitrogens with zero attached hydrogens (tertiary/aromatic N) is 3. The van der Waals surface area contributed by atoms with Crippen molar-refractivity contribution in [3.05, 3.63) is 40.7 Å². The minimum atomic E-state index is 0.00443. The van der Waals surface area contributed by atoms with Crippen LogP contribution in [0.15, 0.2) is 24.3 Å². The molecule has 1 aromatic carbocycles. The van der Waals surface area contributed by atoms with Gasteiger partial charge < -0.3 is 9.64 Å². The maximum Gasteiger partial charge on any atom is 0.225 e. The average Bonchev–Trinajstić information content (AvgIpc) is 3.07. The molecule has 3 rings (SSSR count). The van der Waals surface area contributed by atoms with Crippen molar-refractivity contribution < 1.29 is 9.53 Å². The molecule has 1 amide bonds. The van der Waals surface area contributed by atoms with E-state index in [4.69, 9.17) is 16.3 Å². The molecule has 0 spiro atoms. The summed E-state index contributed by atoms with van der Waals surface area (Å²) in [5, 5.41) is 11.6. The lowest BCUT2D eigenvalue weighted by Gasteiger charge is -2.25. The molecule has 2 aromatic rings. The van der Waals surface area contributed by atoms with E-state index < -0.39 is 0 Å². The summed E-state index contributed by atoms with van der Waals surface area (Å²) in [5.74, 6) is 0.971. The zero-order valence-corrected chi connectivity index (χ0v) is 14.4. The second-order valence-corrected chi connectivity index (χ2v) is 6.51. The molecule has 1 aliphatic carbocycles. The van der Waals surface area contributed by atoms with E-state index in [1.165, 1.54) is 0 Å². The van der Waals surface area contributed by atoms with Crippen molar-refractivity contribution in [1.82, 2.24) is 20.3 Å².